The molecule has 0 unspecified atom stereocenters. The lowest BCUT2D eigenvalue weighted by Crippen LogP contribution is -2.25. The molecular formula is C63H56N4O. The predicted molar refractivity (Wildman–Crippen MR) is 286 cm³/mol. The number of rotatable bonds is 8. The van der Waals surface area contributed by atoms with Gasteiger partial charge in [0.25, 0.3) is 0 Å². The zero-order chi connectivity index (χ0) is 46.7. The van der Waals surface area contributed by atoms with Gasteiger partial charge in [0.1, 0.15) is 24.0 Å². The SMILES string of the molecule is Cc1cc(-n2c3ccc(C(C)(C)C)cc3c3ccc(Oc4cccc(N5CN(c6c(-c7ccccc7)cccc6-c6ccc(C(C)(C)C)cc6)c6ccccc65)c4)cc32)ncc1-c1ccccc1. The number of para-hydroxylation sites is 3. The van der Waals surface area contributed by atoms with Gasteiger partial charge >= 0.3 is 0 Å². The van der Waals surface area contributed by atoms with Gasteiger partial charge in [-0.3, -0.25) is 4.57 Å². The zero-order valence-electron chi connectivity index (χ0n) is 40.0. The number of aryl methyl sites for hydroxylation is 1. The summed E-state index contributed by atoms with van der Waals surface area (Å²) in [6.07, 6.45) is 2.01. The number of aromatic nitrogens is 2. The van der Waals surface area contributed by atoms with E-state index in [1.165, 1.54) is 50.0 Å². The highest BCUT2D eigenvalue weighted by Gasteiger charge is 2.32. The molecule has 8 aromatic carbocycles. The van der Waals surface area contributed by atoms with Crippen LogP contribution in [0, 0.1) is 6.92 Å². The fraction of sp³-hybridized carbons (Fsp3) is 0.159. The standard InChI is InChI=1S/C63H56N4O/c1-42-36-60(64-40-55(42)44-20-12-9-13-21-44)67-56-35-32-47(63(5,6)7)37-54(56)53-34-33-50(39-59(53)67)68-49-23-16-22-48(38-49)65-41-66(58-27-15-14-26-57(58)65)61-51(43-18-10-8-11-19-43)24-17-25-52(61)45-28-30-46(31-29-45)62(2,3)4/h8-40H,41H2,1-7H3. The van der Waals surface area contributed by atoms with E-state index in [1.54, 1.807) is 0 Å². The fourth-order valence-corrected chi connectivity index (χ4v) is 9.91. The average Bonchev–Trinajstić information content (AvgIpc) is 3.89. The second kappa shape index (κ2) is 16.8. The number of nitrogens with zero attached hydrogens (tertiary/aromatic N) is 4. The third-order valence-electron chi connectivity index (χ3n) is 13.6. The van der Waals surface area contributed by atoms with Crippen molar-refractivity contribution in [2.45, 2.75) is 59.3 Å². The Morgan fingerprint density at radius 2 is 1.04 bits per heavy atom. The van der Waals surface area contributed by atoms with Gasteiger partial charge in [-0.2, -0.15) is 0 Å². The van der Waals surface area contributed by atoms with Crippen molar-refractivity contribution < 1.29 is 4.74 Å². The van der Waals surface area contributed by atoms with Crippen molar-refractivity contribution in [3.05, 3.63) is 217 Å². The Balaban J connectivity index is 0.973. The van der Waals surface area contributed by atoms with Crippen LogP contribution >= 0.6 is 0 Å². The van der Waals surface area contributed by atoms with Gasteiger partial charge in [0.15, 0.2) is 0 Å². The molecule has 0 saturated heterocycles. The molecule has 0 fully saturated rings. The van der Waals surface area contributed by atoms with E-state index in [2.05, 4.69) is 257 Å². The Morgan fingerprint density at radius 1 is 0.456 bits per heavy atom. The van der Waals surface area contributed by atoms with Gasteiger partial charge in [0.05, 0.1) is 28.1 Å². The van der Waals surface area contributed by atoms with Crippen LogP contribution in [0.2, 0.25) is 0 Å². The number of hydrogen-bond acceptors (Lipinski definition) is 4. The summed E-state index contributed by atoms with van der Waals surface area (Å²) in [5.41, 5.74) is 17.6. The van der Waals surface area contributed by atoms with Gasteiger partial charge in [-0.1, -0.05) is 169 Å². The lowest BCUT2D eigenvalue weighted by Gasteiger charge is -2.27. The van der Waals surface area contributed by atoms with E-state index in [9.17, 15) is 0 Å². The maximum atomic E-state index is 6.87. The van der Waals surface area contributed by atoms with E-state index in [1.807, 2.05) is 6.20 Å². The summed E-state index contributed by atoms with van der Waals surface area (Å²) in [6.45, 7) is 16.4. The molecule has 0 saturated carbocycles. The fourth-order valence-electron chi connectivity index (χ4n) is 9.91. The van der Waals surface area contributed by atoms with E-state index >= 15 is 0 Å². The Morgan fingerprint density at radius 3 is 1.71 bits per heavy atom. The van der Waals surface area contributed by atoms with Crippen LogP contribution in [-0.4, -0.2) is 16.2 Å². The average molecular weight is 885 g/mol. The summed E-state index contributed by atoms with van der Waals surface area (Å²) in [4.78, 5) is 10.00. The molecule has 3 heterocycles. The van der Waals surface area contributed by atoms with Crippen molar-refractivity contribution in [1.82, 2.24) is 9.55 Å². The van der Waals surface area contributed by atoms with Gasteiger partial charge in [0.2, 0.25) is 0 Å². The topological polar surface area (TPSA) is 33.5 Å². The quantitative estimate of drug-likeness (QED) is 0.152. The summed E-state index contributed by atoms with van der Waals surface area (Å²) < 4.78 is 9.16. The van der Waals surface area contributed by atoms with Crippen LogP contribution in [0.15, 0.2) is 200 Å². The first-order valence-electron chi connectivity index (χ1n) is 23.7. The van der Waals surface area contributed by atoms with Crippen LogP contribution in [-0.2, 0) is 10.8 Å². The molecule has 0 N–H and O–H groups in total. The molecule has 2 aromatic heterocycles. The van der Waals surface area contributed by atoms with Gasteiger partial charge < -0.3 is 14.5 Å². The highest BCUT2D eigenvalue weighted by Crippen LogP contribution is 2.50. The first-order chi connectivity index (χ1) is 32.9. The number of fused-ring (bicyclic) bond motifs is 4. The summed E-state index contributed by atoms with van der Waals surface area (Å²) >= 11 is 0. The van der Waals surface area contributed by atoms with Crippen LogP contribution < -0.4 is 14.5 Å². The van der Waals surface area contributed by atoms with Crippen molar-refractivity contribution in [1.29, 1.82) is 0 Å². The molecule has 5 nitrogen and oxygen atoms in total. The lowest BCUT2D eigenvalue weighted by molar-refractivity contribution is 0.483. The van der Waals surface area contributed by atoms with E-state index in [4.69, 9.17) is 9.72 Å². The minimum Gasteiger partial charge on any atom is -0.457 e. The molecule has 68 heavy (non-hydrogen) atoms. The minimum absolute atomic E-state index is 0.00166. The number of benzene rings is 8. The van der Waals surface area contributed by atoms with E-state index in [0.717, 1.165) is 61.9 Å². The van der Waals surface area contributed by atoms with Gasteiger partial charge in [0, 0.05) is 51.5 Å². The minimum atomic E-state index is 0.00166. The van der Waals surface area contributed by atoms with Gasteiger partial charge in [-0.05, 0) is 106 Å². The molecule has 1 aliphatic rings. The van der Waals surface area contributed by atoms with E-state index < -0.39 is 0 Å². The van der Waals surface area contributed by atoms with Crippen molar-refractivity contribution >= 4 is 44.6 Å². The molecular weight excluding hydrogens is 829 g/mol. The second-order valence-corrected chi connectivity index (χ2v) is 20.2. The first-order valence-corrected chi connectivity index (χ1v) is 23.7. The maximum Gasteiger partial charge on any atom is 0.137 e. The molecule has 10 aromatic rings. The Bertz CT molecular complexity index is 3480. The lowest BCUT2D eigenvalue weighted by atomic mass is 9.86. The largest absolute Gasteiger partial charge is 0.457 e. The molecule has 0 radical (unpaired) electrons. The third kappa shape index (κ3) is 7.78. The Hall–Kier alpha value is -7.89. The Kier molecular flexibility index (Phi) is 10.5. The monoisotopic (exact) mass is 884 g/mol. The maximum absolute atomic E-state index is 6.87. The summed E-state index contributed by atoms with van der Waals surface area (Å²) in [7, 11) is 0. The molecule has 5 heteroatoms. The zero-order valence-corrected chi connectivity index (χ0v) is 40.0. The number of ether oxygens (including phenoxy) is 1. The second-order valence-electron chi connectivity index (χ2n) is 20.2. The summed E-state index contributed by atoms with van der Waals surface area (Å²) in [5.74, 6) is 2.40. The van der Waals surface area contributed by atoms with Crippen LogP contribution in [0.4, 0.5) is 22.7 Å². The molecule has 0 aliphatic carbocycles. The van der Waals surface area contributed by atoms with E-state index in [-0.39, 0.29) is 10.8 Å². The van der Waals surface area contributed by atoms with Crippen LogP contribution in [0.1, 0.15) is 58.2 Å². The van der Waals surface area contributed by atoms with Crippen molar-refractivity contribution in [3.63, 3.8) is 0 Å². The molecule has 0 amide bonds. The van der Waals surface area contributed by atoms with Crippen molar-refractivity contribution in [3.8, 4) is 50.7 Å². The third-order valence-corrected chi connectivity index (χ3v) is 13.6. The predicted octanol–water partition coefficient (Wildman–Crippen LogP) is 17.1. The molecule has 11 rings (SSSR count). The van der Waals surface area contributed by atoms with Gasteiger partial charge in [-0.25, -0.2) is 4.98 Å². The summed E-state index contributed by atoms with van der Waals surface area (Å²) in [6, 6.07) is 69.9. The van der Waals surface area contributed by atoms with Crippen molar-refractivity contribution in [2.24, 2.45) is 0 Å². The first kappa shape index (κ1) is 42.7. The van der Waals surface area contributed by atoms with Crippen LogP contribution in [0.5, 0.6) is 11.5 Å². The van der Waals surface area contributed by atoms with E-state index in [0.29, 0.717) is 6.67 Å². The highest BCUT2D eigenvalue weighted by atomic mass is 16.5. The number of anilines is 4. The van der Waals surface area contributed by atoms with Gasteiger partial charge in [-0.15, -0.1) is 0 Å². The van der Waals surface area contributed by atoms with Crippen LogP contribution in [0.3, 0.4) is 0 Å². The summed E-state index contributed by atoms with van der Waals surface area (Å²) in [5, 5.41) is 2.36. The van der Waals surface area contributed by atoms with Crippen molar-refractivity contribution in [2.75, 3.05) is 16.5 Å². The number of hydrogen-bond donors (Lipinski definition) is 0. The normalized spacial score (nSPS) is 12.8. The van der Waals surface area contributed by atoms with Crippen LogP contribution in [0.25, 0.3) is 61.0 Å². The molecule has 0 bridgehead atoms. The molecule has 0 spiro atoms. The number of pyridine rings is 1. The highest BCUT2D eigenvalue weighted by molar-refractivity contribution is 6.10. The molecule has 334 valence electrons. The smallest absolute Gasteiger partial charge is 0.137 e. The Labute approximate surface area is 400 Å². The molecule has 1 aliphatic heterocycles. The molecule has 0 atom stereocenters.